The molecule has 0 saturated carbocycles. The molecule has 1 aliphatic rings. The molecule has 1 N–H and O–H groups in total. The van der Waals surface area contributed by atoms with E-state index in [0.717, 1.165) is 5.82 Å². The average Bonchev–Trinajstić information content (AvgIpc) is 1.93. The van der Waals surface area contributed by atoms with Crippen molar-refractivity contribution in [1.29, 1.82) is 0 Å². The van der Waals surface area contributed by atoms with E-state index in [1.54, 1.807) is 6.34 Å². The maximum Gasteiger partial charge on any atom is 0.125 e. The smallest absolute Gasteiger partial charge is 0.125 e. The van der Waals surface area contributed by atoms with Crippen molar-refractivity contribution < 1.29 is 0 Å². The first-order valence-corrected chi connectivity index (χ1v) is 3.95. The van der Waals surface area contributed by atoms with Gasteiger partial charge in [0.25, 0.3) is 0 Å². The first kappa shape index (κ1) is 8.40. The quantitative estimate of drug-likeness (QED) is 0.638. The summed E-state index contributed by atoms with van der Waals surface area (Å²) in [4.78, 5) is 4.07. The Morgan fingerprint density at radius 1 is 1.73 bits per heavy atom. The molecule has 0 aliphatic carbocycles. The summed E-state index contributed by atoms with van der Waals surface area (Å²) in [6, 6.07) is 0.417. The number of aliphatic imine (C=N–C) groups is 1. The van der Waals surface area contributed by atoms with Crippen LogP contribution >= 0.6 is 11.8 Å². The van der Waals surface area contributed by atoms with E-state index in [-0.39, 0.29) is 0 Å². The zero-order valence-electron chi connectivity index (χ0n) is 6.71. The Balaban J connectivity index is 2.43. The van der Waals surface area contributed by atoms with Crippen LogP contribution in [0, 0.1) is 0 Å². The van der Waals surface area contributed by atoms with Crippen molar-refractivity contribution in [3.05, 3.63) is 11.9 Å². The van der Waals surface area contributed by atoms with Gasteiger partial charge in [-0.1, -0.05) is 0 Å². The fraction of sp³-hybridized carbons (Fsp3) is 0.571. The number of nitrogens with zero attached hydrogens (tertiary/aromatic N) is 2. The van der Waals surface area contributed by atoms with Crippen LogP contribution in [-0.4, -0.2) is 23.3 Å². The molecular weight excluding hydrogens is 162 g/mol. The standard InChI is InChI=1S/C7H12ClN3/c1-6(2)10-7-3-4-11(8)5-9-7/h3,5-6,10H,4H2,1-2H3. The molecule has 3 nitrogen and oxygen atoms in total. The lowest BCUT2D eigenvalue weighted by Crippen LogP contribution is -2.25. The summed E-state index contributed by atoms with van der Waals surface area (Å²) < 4.78 is 1.51. The highest BCUT2D eigenvalue weighted by atomic mass is 35.5. The summed E-state index contributed by atoms with van der Waals surface area (Å²) in [5.74, 6) is 0.900. The minimum absolute atomic E-state index is 0.417. The fourth-order valence-electron chi connectivity index (χ4n) is 0.790. The van der Waals surface area contributed by atoms with Crippen LogP contribution in [0.25, 0.3) is 0 Å². The van der Waals surface area contributed by atoms with E-state index in [1.165, 1.54) is 4.42 Å². The third-order valence-corrected chi connectivity index (χ3v) is 1.44. The van der Waals surface area contributed by atoms with Crippen LogP contribution in [0.2, 0.25) is 0 Å². The predicted octanol–water partition coefficient (Wildman–Crippen LogP) is 1.32. The third-order valence-electron chi connectivity index (χ3n) is 1.22. The molecule has 4 heteroatoms. The number of rotatable bonds is 2. The Hall–Kier alpha value is -0.700. The van der Waals surface area contributed by atoms with Crippen LogP contribution in [0.15, 0.2) is 16.9 Å². The van der Waals surface area contributed by atoms with Gasteiger partial charge in [0.2, 0.25) is 0 Å². The average molecular weight is 174 g/mol. The van der Waals surface area contributed by atoms with Gasteiger partial charge in [0, 0.05) is 17.8 Å². The number of nitrogens with one attached hydrogen (secondary N) is 1. The van der Waals surface area contributed by atoms with Gasteiger partial charge in [-0.3, -0.25) is 4.42 Å². The highest BCUT2D eigenvalue weighted by molar-refractivity contribution is 6.19. The minimum Gasteiger partial charge on any atom is -0.368 e. The molecule has 0 radical (unpaired) electrons. The second-order valence-corrected chi connectivity index (χ2v) is 3.15. The Bertz CT molecular complexity index is 186. The monoisotopic (exact) mass is 173 g/mol. The van der Waals surface area contributed by atoms with Gasteiger partial charge in [-0.25, -0.2) is 4.99 Å². The Labute approximate surface area is 71.9 Å². The van der Waals surface area contributed by atoms with Gasteiger partial charge in [-0.2, -0.15) is 0 Å². The van der Waals surface area contributed by atoms with Crippen LogP contribution in [0.5, 0.6) is 0 Å². The van der Waals surface area contributed by atoms with Crippen molar-refractivity contribution in [2.75, 3.05) is 6.54 Å². The largest absolute Gasteiger partial charge is 0.368 e. The first-order chi connectivity index (χ1) is 5.18. The molecular formula is C7H12ClN3. The van der Waals surface area contributed by atoms with Crippen LogP contribution < -0.4 is 5.32 Å². The lowest BCUT2D eigenvalue weighted by molar-refractivity contribution is 0.638. The normalized spacial score (nSPS) is 17.1. The number of hydrogen-bond acceptors (Lipinski definition) is 3. The molecule has 0 atom stereocenters. The van der Waals surface area contributed by atoms with E-state index in [9.17, 15) is 0 Å². The summed E-state index contributed by atoms with van der Waals surface area (Å²) in [6.07, 6.45) is 3.55. The summed E-state index contributed by atoms with van der Waals surface area (Å²) in [5.41, 5.74) is 0. The predicted molar refractivity (Wildman–Crippen MR) is 47.4 cm³/mol. The zero-order chi connectivity index (χ0) is 8.27. The summed E-state index contributed by atoms with van der Waals surface area (Å²) >= 11 is 5.63. The third kappa shape index (κ3) is 2.80. The van der Waals surface area contributed by atoms with E-state index >= 15 is 0 Å². The molecule has 1 heterocycles. The summed E-state index contributed by atoms with van der Waals surface area (Å²) in [7, 11) is 0. The molecule has 0 saturated heterocycles. The molecule has 0 aromatic carbocycles. The van der Waals surface area contributed by atoms with E-state index in [1.807, 2.05) is 6.08 Å². The van der Waals surface area contributed by atoms with Crippen molar-refractivity contribution in [3.63, 3.8) is 0 Å². The second-order valence-electron chi connectivity index (χ2n) is 2.72. The molecule has 11 heavy (non-hydrogen) atoms. The van der Waals surface area contributed by atoms with Crippen molar-refractivity contribution in [2.45, 2.75) is 19.9 Å². The van der Waals surface area contributed by atoms with Crippen LogP contribution in [-0.2, 0) is 0 Å². The zero-order valence-corrected chi connectivity index (χ0v) is 7.47. The van der Waals surface area contributed by atoms with Gasteiger partial charge in [-0.15, -0.1) is 0 Å². The van der Waals surface area contributed by atoms with Crippen molar-refractivity contribution in [1.82, 2.24) is 9.74 Å². The van der Waals surface area contributed by atoms with E-state index in [2.05, 4.69) is 24.2 Å². The molecule has 0 amide bonds. The van der Waals surface area contributed by atoms with E-state index in [4.69, 9.17) is 11.8 Å². The topological polar surface area (TPSA) is 27.6 Å². The maximum atomic E-state index is 5.63. The van der Waals surface area contributed by atoms with E-state index < -0.39 is 0 Å². The lowest BCUT2D eigenvalue weighted by atomic mass is 10.4. The lowest BCUT2D eigenvalue weighted by Gasteiger charge is -2.16. The van der Waals surface area contributed by atoms with Crippen molar-refractivity contribution in [3.8, 4) is 0 Å². The molecule has 0 aromatic rings. The Morgan fingerprint density at radius 2 is 2.45 bits per heavy atom. The summed E-state index contributed by atoms with van der Waals surface area (Å²) in [6.45, 7) is 4.85. The summed E-state index contributed by atoms with van der Waals surface area (Å²) in [5, 5.41) is 3.18. The Kier molecular flexibility index (Phi) is 2.76. The molecule has 1 aliphatic heterocycles. The van der Waals surface area contributed by atoms with Gasteiger partial charge in [-0.05, 0) is 19.9 Å². The molecule has 0 bridgehead atoms. The minimum atomic E-state index is 0.417. The van der Waals surface area contributed by atoms with Crippen LogP contribution in [0.3, 0.4) is 0 Å². The highest BCUT2D eigenvalue weighted by Gasteiger charge is 2.02. The van der Waals surface area contributed by atoms with Crippen LogP contribution in [0.1, 0.15) is 13.8 Å². The van der Waals surface area contributed by atoms with Gasteiger partial charge in [0.15, 0.2) is 0 Å². The molecule has 0 unspecified atom stereocenters. The molecule has 1 rings (SSSR count). The molecule has 62 valence electrons. The van der Waals surface area contributed by atoms with Gasteiger partial charge in [0.1, 0.15) is 12.2 Å². The SMILES string of the molecule is CC(C)NC1=CCN(Cl)C=N1. The van der Waals surface area contributed by atoms with Gasteiger partial charge >= 0.3 is 0 Å². The first-order valence-electron chi connectivity index (χ1n) is 3.62. The van der Waals surface area contributed by atoms with Gasteiger partial charge < -0.3 is 5.32 Å². The van der Waals surface area contributed by atoms with E-state index in [0.29, 0.717) is 12.6 Å². The van der Waals surface area contributed by atoms with Crippen LogP contribution in [0.4, 0.5) is 0 Å². The maximum absolute atomic E-state index is 5.63. The Morgan fingerprint density at radius 3 is 2.91 bits per heavy atom. The number of hydrogen-bond donors (Lipinski definition) is 1. The highest BCUT2D eigenvalue weighted by Crippen LogP contribution is 2.02. The molecule has 0 fully saturated rings. The molecule has 0 spiro atoms. The second kappa shape index (κ2) is 3.62. The number of halogens is 1. The van der Waals surface area contributed by atoms with Crippen molar-refractivity contribution >= 4 is 18.1 Å². The fourth-order valence-corrected chi connectivity index (χ4v) is 0.903. The van der Waals surface area contributed by atoms with Gasteiger partial charge in [0.05, 0.1) is 6.54 Å². The molecule has 0 aromatic heterocycles. The van der Waals surface area contributed by atoms with Crippen molar-refractivity contribution in [2.24, 2.45) is 4.99 Å².